The zero-order valence-corrected chi connectivity index (χ0v) is 17.9. The van der Waals surface area contributed by atoms with Gasteiger partial charge in [0.2, 0.25) is 0 Å². The minimum Gasteiger partial charge on any atom is -0.497 e. The molecule has 0 amide bonds. The molecule has 0 fully saturated rings. The van der Waals surface area contributed by atoms with E-state index in [-0.39, 0.29) is 5.56 Å². The lowest BCUT2D eigenvalue weighted by atomic mass is 10.1. The van der Waals surface area contributed by atoms with Crippen molar-refractivity contribution >= 4 is 33.5 Å². The molecule has 2 aromatic heterocycles. The number of halogens is 1. The number of imidazole rings is 1. The molecule has 0 N–H and O–H groups in total. The Morgan fingerprint density at radius 3 is 2.58 bits per heavy atom. The first-order valence-corrected chi connectivity index (χ1v) is 10.3. The highest BCUT2D eigenvalue weighted by Gasteiger charge is 2.19. The van der Waals surface area contributed by atoms with Crippen LogP contribution in [0.2, 0.25) is 5.02 Å². The number of aryl methyl sites for hydroxylation is 1. The summed E-state index contributed by atoms with van der Waals surface area (Å²) in [5.41, 5.74) is 3.69. The summed E-state index contributed by atoms with van der Waals surface area (Å²) in [4.78, 5) is 18.4. The van der Waals surface area contributed by atoms with Crippen LogP contribution in [0.1, 0.15) is 11.4 Å². The molecule has 154 valence electrons. The minimum absolute atomic E-state index is 0.163. The highest BCUT2D eigenvalue weighted by molar-refractivity contribution is 6.31. The van der Waals surface area contributed by atoms with E-state index in [0.717, 1.165) is 39.2 Å². The van der Waals surface area contributed by atoms with Crippen LogP contribution in [-0.4, -0.2) is 21.2 Å². The van der Waals surface area contributed by atoms with E-state index in [0.29, 0.717) is 17.0 Å². The van der Waals surface area contributed by atoms with Gasteiger partial charge in [0.1, 0.15) is 11.6 Å². The van der Waals surface area contributed by atoms with Gasteiger partial charge in [-0.25, -0.2) is 4.98 Å². The standard InChI is InChI=1S/C25H20ClN3O2/c1-28-22(14-16-7-6-10-19(13-16)31-2)27-23-24(28)20-12-11-17(26)15-21(20)29(25(23)30)18-8-4-3-5-9-18/h3-13,15H,14H2,1-2H3. The van der Waals surface area contributed by atoms with Gasteiger partial charge in [0.25, 0.3) is 5.56 Å². The summed E-state index contributed by atoms with van der Waals surface area (Å²) in [6.07, 6.45) is 0.586. The predicted octanol–water partition coefficient (Wildman–Crippen LogP) is 5.13. The zero-order valence-electron chi connectivity index (χ0n) is 17.2. The Balaban J connectivity index is 1.80. The average Bonchev–Trinajstić information content (AvgIpc) is 3.11. The van der Waals surface area contributed by atoms with Crippen LogP contribution >= 0.6 is 11.6 Å². The van der Waals surface area contributed by atoms with Crippen LogP contribution in [0.25, 0.3) is 27.6 Å². The second kappa shape index (κ2) is 7.60. The van der Waals surface area contributed by atoms with E-state index in [9.17, 15) is 4.79 Å². The van der Waals surface area contributed by atoms with Crippen molar-refractivity contribution < 1.29 is 4.74 Å². The van der Waals surface area contributed by atoms with Gasteiger partial charge in [-0.2, -0.15) is 0 Å². The molecule has 3 aromatic carbocycles. The van der Waals surface area contributed by atoms with Gasteiger partial charge in [0, 0.05) is 29.6 Å². The van der Waals surface area contributed by atoms with Crippen LogP contribution < -0.4 is 10.3 Å². The van der Waals surface area contributed by atoms with Crippen LogP contribution in [0.15, 0.2) is 77.6 Å². The summed E-state index contributed by atoms with van der Waals surface area (Å²) in [5.74, 6) is 1.60. The van der Waals surface area contributed by atoms with Gasteiger partial charge in [0.05, 0.1) is 18.1 Å². The van der Waals surface area contributed by atoms with Gasteiger partial charge >= 0.3 is 0 Å². The van der Waals surface area contributed by atoms with Crippen molar-refractivity contribution in [3.8, 4) is 11.4 Å². The lowest BCUT2D eigenvalue weighted by molar-refractivity contribution is 0.414. The molecule has 6 heteroatoms. The lowest BCUT2D eigenvalue weighted by Crippen LogP contribution is -2.19. The summed E-state index contributed by atoms with van der Waals surface area (Å²) in [6, 6.07) is 23.1. The normalized spacial score (nSPS) is 11.3. The third-order valence-electron chi connectivity index (χ3n) is 5.56. The molecule has 0 aliphatic rings. The molecule has 0 bridgehead atoms. The van der Waals surface area contributed by atoms with E-state index in [1.807, 2.05) is 84.4 Å². The second-order valence-electron chi connectivity index (χ2n) is 7.45. The topological polar surface area (TPSA) is 49.0 Å². The number of benzene rings is 3. The Bertz CT molecular complexity index is 1490. The second-order valence-corrected chi connectivity index (χ2v) is 7.89. The molecule has 5 nitrogen and oxygen atoms in total. The number of nitrogens with zero attached hydrogens (tertiary/aromatic N) is 3. The van der Waals surface area contributed by atoms with Crippen LogP contribution in [0.5, 0.6) is 5.75 Å². The fourth-order valence-electron chi connectivity index (χ4n) is 4.06. The number of para-hydroxylation sites is 1. The first-order valence-electron chi connectivity index (χ1n) is 9.95. The van der Waals surface area contributed by atoms with Crippen molar-refractivity contribution in [1.82, 2.24) is 14.1 Å². The van der Waals surface area contributed by atoms with Gasteiger partial charge < -0.3 is 9.30 Å². The highest BCUT2D eigenvalue weighted by Crippen LogP contribution is 2.28. The molecule has 0 aliphatic carbocycles. The Morgan fingerprint density at radius 1 is 1.00 bits per heavy atom. The smallest absolute Gasteiger partial charge is 0.283 e. The maximum atomic E-state index is 13.6. The van der Waals surface area contributed by atoms with Crippen LogP contribution in [0, 0.1) is 0 Å². The van der Waals surface area contributed by atoms with Gasteiger partial charge in [-0.1, -0.05) is 41.9 Å². The average molecular weight is 430 g/mol. The molecule has 2 heterocycles. The highest BCUT2D eigenvalue weighted by atomic mass is 35.5. The predicted molar refractivity (Wildman–Crippen MR) is 125 cm³/mol. The van der Waals surface area contributed by atoms with Crippen LogP contribution in [-0.2, 0) is 13.5 Å². The van der Waals surface area contributed by atoms with E-state index in [1.165, 1.54) is 0 Å². The van der Waals surface area contributed by atoms with Crippen molar-refractivity contribution in [3.63, 3.8) is 0 Å². The summed E-state index contributed by atoms with van der Waals surface area (Å²) < 4.78 is 9.03. The fraction of sp³-hybridized carbons (Fsp3) is 0.120. The largest absolute Gasteiger partial charge is 0.497 e. The number of pyridine rings is 1. The monoisotopic (exact) mass is 429 g/mol. The molecule has 0 saturated heterocycles. The third kappa shape index (κ3) is 3.27. The number of ether oxygens (including phenoxy) is 1. The molecule has 0 unspecified atom stereocenters. The van der Waals surface area contributed by atoms with E-state index < -0.39 is 0 Å². The molecule has 31 heavy (non-hydrogen) atoms. The molecule has 0 spiro atoms. The minimum atomic E-state index is -0.163. The molecule has 5 aromatic rings. The number of aromatic nitrogens is 3. The summed E-state index contributed by atoms with van der Waals surface area (Å²) in [5, 5.41) is 1.50. The molecular formula is C25H20ClN3O2. The third-order valence-corrected chi connectivity index (χ3v) is 5.80. The Morgan fingerprint density at radius 2 is 1.81 bits per heavy atom. The van der Waals surface area contributed by atoms with E-state index in [4.69, 9.17) is 21.3 Å². The van der Waals surface area contributed by atoms with E-state index in [2.05, 4.69) is 0 Å². The summed E-state index contributed by atoms with van der Waals surface area (Å²) in [6.45, 7) is 0. The van der Waals surface area contributed by atoms with Crippen molar-refractivity contribution in [1.29, 1.82) is 0 Å². The SMILES string of the molecule is COc1cccc(Cc2nc3c(=O)n(-c4ccccc4)c4cc(Cl)ccc4c3n2C)c1. The number of hydrogen-bond donors (Lipinski definition) is 0. The Kier molecular flexibility index (Phi) is 4.75. The van der Waals surface area contributed by atoms with Crippen LogP contribution in [0.3, 0.4) is 0 Å². The zero-order chi connectivity index (χ0) is 21.5. The molecule has 5 rings (SSSR count). The maximum absolute atomic E-state index is 13.6. The Labute approximate surface area is 184 Å². The molecule has 0 atom stereocenters. The van der Waals surface area contributed by atoms with Gasteiger partial charge in [0.15, 0.2) is 5.52 Å². The fourth-order valence-corrected chi connectivity index (χ4v) is 4.23. The van der Waals surface area contributed by atoms with Gasteiger partial charge in [-0.15, -0.1) is 0 Å². The number of rotatable bonds is 4. The quantitative estimate of drug-likeness (QED) is 0.398. The lowest BCUT2D eigenvalue weighted by Gasteiger charge is -2.12. The summed E-state index contributed by atoms with van der Waals surface area (Å²) in [7, 11) is 3.60. The summed E-state index contributed by atoms with van der Waals surface area (Å²) >= 11 is 6.31. The van der Waals surface area contributed by atoms with Crippen LogP contribution in [0.4, 0.5) is 0 Å². The van der Waals surface area contributed by atoms with E-state index in [1.54, 1.807) is 11.7 Å². The van der Waals surface area contributed by atoms with Crippen molar-refractivity contribution in [2.45, 2.75) is 6.42 Å². The van der Waals surface area contributed by atoms with Crippen molar-refractivity contribution in [2.24, 2.45) is 7.05 Å². The first kappa shape index (κ1) is 19.4. The van der Waals surface area contributed by atoms with E-state index >= 15 is 0 Å². The number of fused-ring (bicyclic) bond motifs is 3. The first-order chi connectivity index (χ1) is 15.1. The molecule has 0 aliphatic heterocycles. The number of hydrogen-bond acceptors (Lipinski definition) is 3. The van der Waals surface area contributed by atoms with Gasteiger partial charge in [-0.3, -0.25) is 9.36 Å². The van der Waals surface area contributed by atoms with Crippen molar-refractivity contribution in [3.05, 3.63) is 99.6 Å². The van der Waals surface area contributed by atoms with Crippen molar-refractivity contribution in [2.75, 3.05) is 7.11 Å². The molecular weight excluding hydrogens is 410 g/mol. The number of methoxy groups -OCH3 is 1. The maximum Gasteiger partial charge on any atom is 0.283 e. The molecule has 0 saturated carbocycles. The Hall–Kier alpha value is -3.57. The van der Waals surface area contributed by atoms with Gasteiger partial charge in [-0.05, 0) is 48.0 Å². The molecule has 0 radical (unpaired) electrons.